The molecule has 1 aliphatic rings. The number of nitrogens with zero attached hydrogens (tertiary/aromatic N) is 5. The number of nitrogens with two attached hydrogens (primary N) is 1. The van der Waals surface area contributed by atoms with Crippen LogP contribution in [0.1, 0.15) is 12.1 Å². The van der Waals surface area contributed by atoms with Gasteiger partial charge in [0.1, 0.15) is 0 Å². The number of methoxy groups -OCH3 is 1. The maximum Gasteiger partial charge on any atom is 0.223 e. The SMILES string of the molecule is COCCN1CC=C(c2cc3nc(-c4ccco4)nn3c(N)n2)CC1. The number of furan rings is 1. The largest absolute Gasteiger partial charge is 0.461 e. The van der Waals surface area contributed by atoms with E-state index in [4.69, 9.17) is 14.9 Å². The van der Waals surface area contributed by atoms with Crippen LogP contribution in [-0.2, 0) is 4.74 Å². The summed E-state index contributed by atoms with van der Waals surface area (Å²) in [6.45, 7) is 3.54. The number of hydrogen-bond donors (Lipinski definition) is 1. The third-order valence-electron chi connectivity index (χ3n) is 4.33. The highest BCUT2D eigenvalue weighted by Gasteiger charge is 2.17. The molecular formula is C17H20N6O2. The Bertz CT molecular complexity index is 899. The number of anilines is 1. The van der Waals surface area contributed by atoms with Crippen LogP contribution < -0.4 is 5.73 Å². The molecule has 3 aromatic heterocycles. The molecule has 0 fully saturated rings. The fourth-order valence-corrected chi connectivity index (χ4v) is 2.95. The Kier molecular flexibility index (Phi) is 4.21. The first-order valence-electron chi connectivity index (χ1n) is 8.22. The van der Waals surface area contributed by atoms with Gasteiger partial charge in [0.15, 0.2) is 11.4 Å². The lowest BCUT2D eigenvalue weighted by atomic mass is 10.0. The second-order valence-corrected chi connectivity index (χ2v) is 5.96. The zero-order valence-electron chi connectivity index (χ0n) is 14.1. The molecule has 3 aromatic rings. The third kappa shape index (κ3) is 3.13. The Balaban J connectivity index is 1.62. The van der Waals surface area contributed by atoms with Crippen LogP contribution in [0.3, 0.4) is 0 Å². The average Bonchev–Trinajstić information content (AvgIpc) is 3.29. The Morgan fingerprint density at radius 3 is 3.00 bits per heavy atom. The van der Waals surface area contributed by atoms with E-state index in [-0.39, 0.29) is 0 Å². The van der Waals surface area contributed by atoms with Crippen LogP contribution in [0.15, 0.2) is 35.0 Å². The summed E-state index contributed by atoms with van der Waals surface area (Å²) in [4.78, 5) is 11.4. The molecule has 0 amide bonds. The molecule has 8 heteroatoms. The molecule has 0 saturated heterocycles. The van der Waals surface area contributed by atoms with Crippen LogP contribution in [-0.4, -0.2) is 57.8 Å². The first-order chi connectivity index (χ1) is 12.2. The lowest BCUT2D eigenvalue weighted by molar-refractivity contribution is 0.154. The minimum absolute atomic E-state index is 0.320. The van der Waals surface area contributed by atoms with Gasteiger partial charge in [-0.2, -0.15) is 4.52 Å². The molecule has 4 heterocycles. The number of aromatic nitrogens is 4. The second-order valence-electron chi connectivity index (χ2n) is 5.96. The standard InChI is InChI=1S/C17H20N6O2/c1-24-10-8-22-6-4-12(5-7-22)13-11-15-20-16(14-3-2-9-25-14)21-23(15)17(18)19-13/h2-4,9,11H,5-8,10H2,1H3,(H2,18,19). The van der Waals surface area contributed by atoms with Crippen molar-refractivity contribution in [2.24, 2.45) is 0 Å². The summed E-state index contributed by atoms with van der Waals surface area (Å²) in [5.74, 6) is 1.43. The minimum atomic E-state index is 0.320. The predicted molar refractivity (Wildman–Crippen MR) is 93.8 cm³/mol. The fourth-order valence-electron chi connectivity index (χ4n) is 2.95. The highest BCUT2D eigenvalue weighted by Crippen LogP contribution is 2.24. The van der Waals surface area contributed by atoms with Crippen molar-refractivity contribution >= 4 is 17.2 Å². The molecular weight excluding hydrogens is 320 g/mol. The van der Waals surface area contributed by atoms with Crippen LogP contribution >= 0.6 is 0 Å². The van der Waals surface area contributed by atoms with Gasteiger partial charge in [-0.15, -0.1) is 5.10 Å². The molecule has 4 rings (SSSR count). The zero-order chi connectivity index (χ0) is 17.2. The number of ether oxygens (including phenoxy) is 1. The van der Waals surface area contributed by atoms with Gasteiger partial charge in [0.2, 0.25) is 11.8 Å². The van der Waals surface area contributed by atoms with Crippen molar-refractivity contribution < 1.29 is 9.15 Å². The van der Waals surface area contributed by atoms with Gasteiger partial charge in [0.25, 0.3) is 0 Å². The molecule has 0 spiro atoms. The smallest absolute Gasteiger partial charge is 0.223 e. The Hall–Kier alpha value is -2.71. The van der Waals surface area contributed by atoms with Crippen molar-refractivity contribution in [2.75, 3.05) is 39.1 Å². The van der Waals surface area contributed by atoms with Crippen LogP contribution in [0.5, 0.6) is 0 Å². The van der Waals surface area contributed by atoms with Gasteiger partial charge in [-0.3, -0.25) is 4.90 Å². The molecule has 0 aromatic carbocycles. The average molecular weight is 340 g/mol. The molecule has 130 valence electrons. The van der Waals surface area contributed by atoms with Crippen molar-refractivity contribution in [3.63, 3.8) is 0 Å². The predicted octanol–water partition coefficient (Wildman–Crippen LogP) is 1.70. The Labute approximate surface area is 144 Å². The number of nitrogen functional groups attached to an aromatic ring is 1. The van der Waals surface area contributed by atoms with Gasteiger partial charge in [-0.05, 0) is 24.1 Å². The molecule has 0 radical (unpaired) electrons. The van der Waals surface area contributed by atoms with E-state index in [0.29, 0.717) is 23.2 Å². The molecule has 0 unspecified atom stereocenters. The van der Waals surface area contributed by atoms with Gasteiger partial charge >= 0.3 is 0 Å². The lowest BCUT2D eigenvalue weighted by Gasteiger charge is -2.25. The van der Waals surface area contributed by atoms with Gasteiger partial charge in [0, 0.05) is 32.8 Å². The second kappa shape index (κ2) is 6.66. The van der Waals surface area contributed by atoms with E-state index in [1.165, 1.54) is 10.1 Å². The van der Waals surface area contributed by atoms with Crippen LogP contribution in [0, 0.1) is 0 Å². The summed E-state index contributed by atoms with van der Waals surface area (Å²) in [5.41, 5.74) is 8.79. The summed E-state index contributed by atoms with van der Waals surface area (Å²) in [6.07, 6.45) is 4.71. The minimum Gasteiger partial charge on any atom is -0.461 e. The highest BCUT2D eigenvalue weighted by molar-refractivity contribution is 5.68. The van der Waals surface area contributed by atoms with E-state index in [9.17, 15) is 0 Å². The topological polar surface area (TPSA) is 94.7 Å². The van der Waals surface area contributed by atoms with E-state index < -0.39 is 0 Å². The normalized spacial score (nSPS) is 15.6. The molecule has 2 N–H and O–H groups in total. The van der Waals surface area contributed by atoms with Crippen molar-refractivity contribution in [2.45, 2.75) is 6.42 Å². The summed E-state index contributed by atoms with van der Waals surface area (Å²) >= 11 is 0. The monoisotopic (exact) mass is 340 g/mol. The van der Waals surface area contributed by atoms with Crippen molar-refractivity contribution in [3.05, 3.63) is 36.2 Å². The summed E-state index contributed by atoms with van der Waals surface area (Å²) in [6, 6.07) is 5.54. The van der Waals surface area contributed by atoms with Gasteiger partial charge in [-0.1, -0.05) is 6.08 Å². The quantitative estimate of drug-likeness (QED) is 0.755. The Morgan fingerprint density at radius 2 is 2.28 bits per heavy atom. The Morgan fingerprint density at radius 1 is 1.36 bits per heavy atom. The van der Waals surface area contributed by atoms with E-state index >= 15 is 0 Å². The molecule has 0 saturated carbocycles. The molecule has 8 nitrogen and oxygen atoms in total. The maximum absolute atomic E-state index is 6.09. The molecule has 0 aliphatic carbocycles. The first kappa shape index (κ1) is 15.8. The maximum atomic E-state index is 6.09. The lowest BCUT2D eigenvalue weighted by Crippen LogP contribution is -2.31. The van der Waals surface area contributed by atoms with E-state index in [1.807, 2.05) is 12.1 Å². The molecule has 1 aliphatic heterocycles. The molecule has 0 bridgehead atoms. The summed E-state index contributed by atoms with van der Waals surface area (Å²) in [7, 11) is 1.72. The first-order valence-corrected chi connectivity index (χ1v) is 8.22. The number of rotatable bonds is 5. The fraction of sp³-hybridized carbons (Fsp3) is 0.353. The summed E-state index contributed by atoms with van der Waals surface area (Å²) < 4.78 is 12.0. The van der Waals surface area contributed by atoms with Crippen molar-refractivity contribution in [3.8, 4) is 11.6 Å². The van der Waals surface area contributed by atoms with Crippen LogP contribution in [0.2, 0.25) is 0 Å². The van der Waals surface area contributed by atoms with Gasteiger partial charge < -0.3 is 14.9 Å². The zero-order valence-corrected chi connectivity index (χ0v) is 14.1. The van der Waals surface area contributed by atoms with Crippen LogP contribution in [0.4, 0.5) is 5.95 Å². The van der Waals surface area contributed by atoms with E-state index in [0.717, 1.165) is 38.4 Å². The third-order valence-corrected chi connectivity index (χ3v) is 4.33. The van der Waals surface area contributed by atoms with Gasteiger partial charge in [0.05, 0.1) is 18.6 Å². The van der Waals surface area contributed by atoms with Gasteiger partial charge in [-0.25, -0.2) is 9.97 Å². The number of fused-ring (bicyclic) bond motifs is 1. The summed E-state index contributed by atoms with van der Waals surface area (Å²) in [5, 5.41) is 4.37. The molecule has 0 atom stereocenters. The van der Waals surface area contributed by atoms with Crippen LogP contribution in [0.25, 0.3) is 22.8 Å². The van der Waals surface area contributed by atoms with Crippen molar-refractivity contribution in [1.82, 2.24) is 24.5 Å². The van der Waals surface area contributed by atoms with Crippen molar-refractivity contribution in [1.29, 1.82) is 0 Å². The van der Waals surface area contributed by atoms with E-state index in [1.54, 1.807) is 19.4 Å². The molecule has 25 heavy (non-hydrogen) atoms. The number of hydrogen-bond acceptors (Lipinski definition) is 7. The highest BCUT2D eigenvalue weighted by atomic mass is 16.5. The van der Waals surface area contributed by atoms with E-state index in [2.05, 4.69) is 26.0 Å².